The largest absolute Gasteiger partial charge is 0.319 e. The van der Waals surface area contributed by atoms with Gasteiger partial charge in [0, 0.05) is 11.6 Å². The number of fused-ring (bicyclic) bond motifs is 1. The fraction of sp³-hybridized carbons (Fsp3) is 0.0667. The van der Waals surface area contributed by atoms with Crippen LogP contribution in [0.1, 0.15) is 16.2 Å². The van der Waals surface area contributed by atoms with E-state index in [0.717, 1.165) is 0 Å². The molecule has 1 amide bonds. The molecule has 0 aliphatic carbocycles. The Bertz CT molecular complexity index is 886. The quantitative estimate of drug-likeness (QED) is 0.750. The number of aromatic amines is 1. The fourth-order valence-electron chi connectivity index (χ4n) is 2.09. The zero-order valence-corrected chi connectivity index (χ0v) is 11.3. The molecule has 6 heteroatoms. The van der Waals surface area contributed by atoms with E-state index in [2.05, 4.69) is 20.5 Å². The van der Waals surface area contributed by atoms with Gasteiger partial charge in [-0.2, -0.15) is 5.10 Å². The van der Waals surface area contributed by atoms with Gasteiger partial charge >= 0.3 is 0 Å². The van der Waals surface area contributed by atoms with Crippen LogP contribution in [0.15, 0.2) is 47.4 Å². The monoisotopic (exact) mass is 280 g/mol. The van der Waals surface area contributed by atoms with E-state index >= 15 is 0 Å². The summed E-state index contributed by atoms with van der Waals surface area (Å²) in [5.41, 5.74) is 1.17. The number of carbonyl (C=O) groups excluding carboxylic acids is 1. The lowest BCUT2D eigenvalue weighted by Crippen LogP contribution is -2.19. The summed E-state index contributed by atoms with van der Waals surface area (Å²) in [6.45, 7) is 1.80. The third kappa shape index (κ3) is 2.38. The first-order valence-corrected chi connectivity index (χ1v) is 6.37. The zero-order chi connectivity index (χ0) is 14.8. The van der Waals surface area contributed by atoms with Crippen molar-refractivity contribution in [3.05, 3.63) is 64.3 Å². The van der Waals surface area contributed by atoms with Gasteiger partial charge in [0.05, 0.1) is 16.8 Å². The van der Waals surface area contributed by atoms with Crippen LogP contribution in [0.3, 0.4) is 0 Å². The number of nitrogens with one attached hydrogen (secondary N) is 2. The number of aromatic nitrogens is 3. The van der Waals surface area contributed by atoms with Gasteiger partial charge in [-0.25, -0.2) is 5.10 Å². The van der Waals surface area contributed by atoms with Crippen LogP contribution in [-0.2, 0) is 0 Å². The minimum Gasteiger partial charge on any atom is -0.319 e. The summed E-state index contributed by atoms with van der Waals surface area (Å²) >= 11 is 0. The highest BCUT2D eigenvalue weighted by atomic mass is 16.2. The maximum Gasteiger partial charge on any atom is 0.276 e. The summed E-state index contributed by atoms with van der Waals surface area (Å²) in [6, 6.07) is 10.3. The molecule has 2 aromatic heterocycles. The number of pyridine rings is 1. The maximum absolute atomic E-state index is 12.4. The van der Waals surface area contributed by atoms with Crippen molar-refractivity contribution >= 4 is 22.4 Å². The molecule has 0 spiro atoms. The number of aryl methyl sites for hydroxylation is 1. The normalized spacial score (nSPS) is 10.5. The number of hydrogen-bond donors (Lipinski definition) is 2. The van der Waals surface area contributed by atoms with Gasteiger partial charge in [0.1, 0.15) is 0 Å². The summed E-state index contributed by atoms with van der Waals surface area (Å²) < 4.78 is 0. The molecule has 6 nitrogen and oxygen atoms in total. The van der Waals surface area contributed by atoms with Gasteiger partial charge in [-0.15, -0.1) is 0 Å². The van der Waals surface area contributed by atoms with Crippen molar-refractivity contribution in [3.8, 4) is 0 Å². The topological polar surface area (TPSA) is 87.7 Å². The molecule has 2 heterocycles. The Morgan fingerprint density at radius 1 is 1.14 bits per heavy atom. The van der Waals surface area contributed by atoms with Gasteiger partial charge in [0.2, 0.25) is 0 Å². The molecule has 0 saturated carbocycles. The first-order chi connectivity index (χ1) is 10.2. The molecule has 21 heavy (non-hydrogen) atoms. The van der Waals surface area contributed by atoms with Crippen molar-refractivity contribution in [2.24, 2.45) is 0 Å². The summed E-state index contributed by atoms with van der Waals surface area (Å²) in [7, 11) is 0. The number of carbonyl (C=O) groups is 1. The molecule has 3 aromatic rings. The summed E-state index contributed by atoms with van der Waals surface area (Å²) in [5.74, 6) is -0.390. The standard InChI is InChI=1S/C15H12N4O2/c1-9-12(7-4-8-16-9)17-15(21)13-10-5-2-3-6-11(10)14(20)19-18-13/h2-8H,1H3,(H,17,21)(H,19,20). The zero-order valence-electron chi connectivity index (χ0n) is 11.3. The number of H-pyrrole nitrogens is 1. The second kappa shape index (κ2) is 5.16. The van der Waals surface area contributed by atoms with Gasteiger partial charge in [-0.05, 0) is 25.1 Å². The summed E-state index contributed by atoms with van der Waals surface area (Å²) in [4.78, 5) is 28.2. The Hall–Kier alpha value is -3.02. The number of nitrogens with zero attached hydrogens (tertiary/aromatic N) is 2. The third-order valence-corrected chi connectivity index (χ3v) is 3.17. The van der Waals surface area contributed by atoms with E-state index in [1.807, 2.05) is 0 Å². The van der Waals surface area contributed by atoms with Gasteiger partial charge in [-0.1, -0.05) is 18.2 Å². The van der Waals surface area contributed by atoms with E-state index in [9.17, 15) is 9.59 Å². The second-order valence-electron chi connectivity index (χ2n) is 4.54. The Labute approximate surface area is 119 Å². The van der Waals surface area contributed by atoms with Gasteiger partial charge in [0.15, 0.2) is 5.69 Å². The van der Waals surface area contributed by atoms with Crippen LogP contribution in [0.2, 0.25) is 0 Å². The molecular formula is C15H12N4O2. The van der Waals surface area contributed by atoms with Gasteiger partial charge in [-0.3, -0.25) is 14.6 Å². The first-order valence-electron chi connectivity index (χ1n) is 6.37. The Kier molecular flexibility index (Phi) is 3.19. The number of anilines is 1. The molecule has 2 N–H and O–H groups in total. The van der Waals surface area contributed by atoms with E-state index in [4.69, 9.17) is 0 Å². The van der Waals surface area contributed by atoms with Crippen molar-refractivity contribution < 1.29 is 4.79 Å². The molecule has 0 unspecified atom stereocenters. The van der Waals surface area contributed by atoms with Crippen molar-refractivity contribution in [1.82, 2.24) is 15.2 Å². The van der Waals surface area contributed by atoms with Gasteiger partial charge in [0.25, 0.3) is 11.5 Å². The van der Waals surface area contributed by atoms with Crippen LogP contribution in [0.5, 0.6) is 0 Å². The van der Waals surface area contributed by atoms with Crippen LogP contribution in [-0.4, -0.2) is 21.1 Å². The number of rotatable bonds is 2. The Morgan fingerprint density at radius 3 is 2.67 bits per heavy atom. The molecular weight excluding hydrogens is 268 g/mol. The molecule has 0 saturated heterocycles. The lowest BCUT2D eigenvalue weighted by molar-refractivity contribution is 0.102. The molecule has 3 rings (SSSR count). The Morgan fingerprint density at radius 2 is 1.90 bits per heavy atom. The fourth-order valence-corrected chi connectivity index (χ4v) is 2.09. The highest BCUT2D eigenvalue weighted by Crippen LogP contribution is 2.16. The first kappa shape index (κ1) is 13.0. The minimum atomic E-state index is -0.390. The Balaban J connectivity index is 2.05. The predicted octanol–water partition coefficient (Wildman–Crippen LogP) is 1.88. The molecule has 104 valence electrons. The molecule has 0 aliphatic rings. The minimum absolute atomic E-state index is 0.174. The van der Waals surface area contributed by atoms with E-state index in [-0.39, 0.29) is 11.3 Å². The molecule has 0 fully saturated rings. The lowest BCUT2D eigenvalue weighted by atomic mass is 10.1. The molecule has 0 bridgehead atoms. The second-order valence-corrected chi connectivity index (χ2v) is 4.54. The van der Waals surface area contributed by atoms with Gasteiger partial charge < -0.3 is 5.32 Å². The van der Waals surface area contributed by atoms with Crippen LogP contribution in [0, 0.1) is 6.92 Å². The third-order valence-electron chi connectivity index (χ3n) is 3.17. The average Bonchev–Trinajstić information content (AvgIpc) is 2.50. The van der Waals surface area contributed by atoms with Crippen LogP contribution >= 0.6 is 0 Å². The summed E-state index contributed by atoms with van der Waals surface area (Å²) in [5, 5.41) is 9.90. The SMILES string of the molecule is Cc1ncccc1NC(=O)c1n[nH]c(=O)c2ccccc12. The van der Waals surface area contributed by atoms with Crippen molar-refractivity contribution in [3.63, 3.8) is 0 Å². The lowest BCUT2D eigenvalue weighted by Gasteiger charge is -2.08. The maximum atomic E-state index is 12.4. The molecule has 1 aromatic carbocycles. The predicted molar refractivity (Wildman–Crippen MR) is 79.3 cm³/mol. The van der Waals surface area contributed by atoms with E-state index in [1.165, 1.54) is 0 Å². The van der Waals surface area contributed by atoms with Crippen molar-refractivity contribution in [2.45, 2.75) is 6.92 Å². The highest BCUT2D eigenvalue weighted by Gasteiger charge is 2.14. The van der Waals surface area contributed by atoms with Crippen LogP contribution in [0.25, 0.3) is 10.8 Å². The molecule has 0 atom stereocenters. The van der Waals surface area contributed by atoms with Crippen LogP contribution < -0.4 is 10.9 Å². The van der Waals surface area contributed by atoms with E-state index < -0.39 is 5.91 Å². The number of amides is 1. The summed E-state index contributed by atoms with van der Waals surface area (Å²) in [6.07, 6.45) is 1.65. The van der Waals surface area contributed by atoms with Crippen LogP contribution in [0.4, 0.5) is 5.69 Å². The van der Waals surface area contributed by atoms with E-state index in [0.29, 0.717) is 22.2 Å². The van der Waals surface area contributed by atoms with E-state index in [1.54, 1.807) is 49.5 Å². The average molecular weight is 280 g/mol. The number of benzene rings is 1. The molecule has 0 aliphatic heterocycles. The smallest absolute Gasteiger partial charge is 0.276 e. The molecule has 0 radical (unpaired) electrons. The number of hydrogen-bond acceptors (Lipinski definition) is 4. The van der Waals surface area contributed by atoms with Crippen molar-refractivity contribution in [2.75, 3.05) is 5.32 Å². The highest BCUT2D eigenvalue weighted by molar-refractivity contribution is 6.11. The van der Waals surface area contributed by atoms with Crippen molar-refractivity contribution in [1.29, 1.82) is 0 Å².